The molecule has 1 aliphatic rings. The molecule has 0 aromatic carbocycles. The fourth-order valence-electron chi connectivity index (χ4n) is 3.50. The molecule has 0 saturated heterocycles. The summed E-state index contributed by atoms with van der Waals surface area (Å²) in [7, 11) is 0. The first-order valence-corrected chi connectivity index (χ1v) is 11.0. The van der Waals surface area contributed by atoms with E-state index < -0.39 is 6.04 Å². The fraction of sp³-hybridized carbons (Fsp3) is 0.789. The lowest BCUT2D eigenvalue weighted by Crippen LogP contribution is -2.48. The van der Waals surface area contributed by atoms with E-state index >= 15 is 0 Å². The van der Waals surface area contributed by atoms with Crippen LogP contribution in [0.1, 0.15) is 70.0 Å². The number of thioether (sulfide) groups is 1. The fourth-order valence-corrected chi connectivity index (χ4v) is 4.16. The minimum atomic E-state index is -0.536. The highest BCUT2D eigenvalue weighted by Gasteiger charge is 2.35. The molecular weight excluding hydrogens is 364 g/mol. The predicted octanol–water partition coefficient (Wildman–Crippen LogP) is 3.16. The summed E-state index contributed by atoms with van der Waals surface area (Å²) in [6.45, 7) is 7.91. The largest absolute Gasteiger partial charge is 0.408 e. The number of hydrogen-bond donors (Lipinski definition) is 1. The molecule has 1 fully saturated rings. The summed E-state index contributed by atoms with van der Waals surface area (Å²) < 4.78 is 5.59. The summed E-state index contributed by atoms with van der Waals surface area (Å²) in [6.07, 6.45) is 6.74. The van der Waals surface area contributed by atoms with E-state index in [4.69, 9.17) is 4.42 Å². The maximum absolute atomic E-state index is 13.1. The van der Waals surface area contributed by atoms with E-state index in [1.807, 2.05) is 6.92 Å². The monoisotopic (exact) mass is 396 g/mol. The highest BCUT2D eigenvalue weighted by atomic mass is 32.2. The van der Waals surface area contributed by atoms with Crippen molar-refractivity contribution in [2.24, 2.45) is 5.92 Å². The van der Waals surface area contributed by atoms with Gasteiger partial charge in [-0.2, -0.15) is 0 Å². The molecule has 152 valence electrons. The molecule has 1 heterocycles. The van der Waals surface area contributed by atoms with E-state index in [-0.39, 0.29) is 23.6 Å². The Morgan fingerprint density at radius 1 is 1.33 bits per heavy atom. The van der Waals surface area contributed by atoms with Crippen molar-refractivity contribution in [2.75, 3.05) is 18.8 Å². The number of rotatable bonds is 12. The van der Waals surface area contributed by atoms with Gasteiger partial charge in [-0.25, -0.2) is 0 Å². The Labute approximate surface area is 166 Å². The van der Waals surface area contributed by atoms with Crippen LogP contribution in [0.2, 0.25) is 0 Å². The number of carbonyl (C=O) groups excluding carboxylic acids is 2. The molecule has 8 heteroatoms. The van der Waals surface area contributed by atoms with Crippen molar-refractivity contribution < 1.29 is 14.0 Å². The summed E-state index contributed by atoms with van der Waals surface area (Å²) in [5.41, 5.74) is 0. The molecule has 1 amide bonds. The number of amides is 1. The van der Waals surface area contributed by atoms with Crippen LogP contribution in [-0.2, 0) is 4.79 Å². The molecule has 0 spiro atoms. The van der Waals surface area contributed by atoms with Crippen molar-refractivity contribution in [3.05, 3.63) is 5.89 Å². The van der Waals surface area contributed by atoms with Gasteiger partial charge in [-0.1, -0.05) is 51.8 Å². The highest BCUT2D eigenvalue weighted by molar-refractivity contribution is 7.99. The number of nitrogens with one attached hydrogen (secondary N) is 1. The second kappa shape index (κ2) is 11.4. The highest BCUT2D eigenvalue weighted by Crippen LogP contribution is 2.27. The lowest BCUT2D eigenvalue weighted by molar-refractivity contribution is -0.122. The van der Waals surface area contributed by atoms with Crippen LogP contribution >= 0.6 is 11.8 Å². The van der Waals surface area contributed by atoms with Crippen LogP contribution in [0.25, 0.3) is 0 Å². The van der Waals surface area contributed by atoms with E-state index in [0.29, 0.717) is 11.6 Å². The lowest BCUT2D eigenvalue weighted by Gasteiger charge is -2.36. The number of Topliss-reactive ketones (excluding diaryl/α,β-unsaturated/α-hetero) is 1. The van der Waals surface area contributed by atoms with Crippen molar-refractivity contribution in [3.63, 3.8) is 0 Å². The Balaban J connectivity index is 2.09. The van der Waals surface area contributed by atoms with E-state index in [9.17, 15) is 9.59 Å². The van der Waals surface area contributed by atoms with Gasteiger partial charge in [-0.15, -0.1) is 10.2 Å². The molecule has 1 saturated carbocycles. The van der Waals surface area contributed by atoms with Gasteiger partial charge in [0.25, 0.3) is 11.1 Å². The molecule has 0 radical (unpaired) electrons. The normalized spacial score (nSPS) is 16.4. The summed E-state index contributed by atoms with van der Waals surface area (Å²) in [4.78, 5) is 26.7. The first-order chi connectivity index (χ1) is 13.1. The zero-order valence-corrected chi connectivity index (χ0v) is 17.5. The van der Waals surface area contributed by atoms with Crippen molar-refractivity contribution in [2.45, 2.75) is 76.6 Å². The molecule has 1 N–H and O–H groups in total. The van der Waals surface area contributed by atoms with Crippen LogP contribution in [0.4, 0.5) is 0 Å². The Bertz CT molecular complexity index is 587. The maximum Gasteiger partial charge on any atom is 0.286 e. The summed E-state index contributed by atoms with van der Waals surface area (Å²) in [6, 6.07) is -0.411. The van der Waals surface area contributed by atoms with Crippen LogP contribution in [0.15, 0.2) is 9.64 Å². The number of hydrogen-bond acceptors (Lipinski definition) is 7. The van der Waals surface area contributed by atoms with Gasteiger partial charge in [0.15, 0.2) is 0 Å². The topological polar surface area (TPSA) is 88.3 Å². The van der Waals surface area contributed by atoms with Crippen molar-refractivity contribution in [1.29, 1.82) is 0 Å². The third-order valence-electron chi connectivity index (χ3n) is 4.85. The zero-order valence-electron chi connectivity index (χ0n) is 16.6. The van der Waals surface area contributed by atoms with Crippen molar-refractivity contribution >= 4 is 24.0 Å². The van der Waals surface area contributed by atoms with Crippen LogP contribution in [0.3, 0.4) is 0 Å². The smallest absolute Gasteiger partial charge is 0.286 e. The first kappa shape index (κ1) is 21.9. The molecular formula is C19H32N4O3S. The average molecular weight is 397 g/mol. The molecule has 27 heavy (non-hydrogen) atoms. The third-order valence-corrected chi connectivity index (χ3v) is 5.67. The molecule has 7 nitrogen and oxygen atoms in total. The van der Waals surface area contributed by atoms with Gasteiger partial charge in [0.05, 0.1) is 0 Å². The molecule has 1 atom stereocenters. The number of aromatic nitrogens is 2. The first-order valence-electron chi connectivity index (χ1n) is 10.0. The number of carbonyl (C=O) groups is 2. The number of ketones is 1. The van der Waals surface area contributed by atoms with Gasteiger partial charge in [-0.3, -0.25) is 9.59 Å². The molecule has 2 rings (SSSR count). The Morgan fingerprint density at radius 3 is 2.70 bits per heavy atom. The number of nitrogens with zero attached hydrogens (tertiary/aromatic N) is 3. The van der Waals surface area contributed by atoms with E-state index in [2.05, 4.69) is 29.4 Å². The Morgan fingerprint density at radius 2 is 2.07 bits per heavy atom. The van der Waals surface area contributed by atoms with Gasteiger partial charge in [0.1, 0.15) is 6.04 Å². The minimum Gasteiger partial charge on any atom is -0.408 e. The van der Waals surface area contributed by atoms with Gasteiger partial charge in [0.2, 0.25) is 12.2 Å². The van der Waals surface area contributed by atoms with Gasteiger partial charge >= 0.3 is 0 Å². The van der Waals surface area contributed by atoms with E-state index in [1.54, 1.807) is 4.90 Å². The average Bonchev–Trinajstić information content (AvgIpc) is 3.14. The summed E-state index contributed by atoms with van der Waals surface area (Å²) >= 11 is 1.43. The van der Waals surface area contributed by atoms with Crippen molar-refractivity contribution in [1.82, 2.24) is 20.4 Å². The standard InChI is InChI=1S/C19H32N4O3S/c1-4-20-10-11-27-19-22-21-18(26-19)17(25)16(12-14(2)3)23(13-24)15-8-6-5-7-9-15/h13-16,20H,4-12H2,1-3H3/t16-/m0/s1. The Kier molecular flexibility index (Phi) is 9.27. The summed E-state index contributed by atoms with van der Waals surface area (Å²) in [5, 5.41) is 11.6. The molecule has 1 aromatic heterocycles. The van der Waals surface area contributed by atoms with Crippen molar-refractivity contribution in [3.8, 4) is 0 Å². The van der Waals surface area contributed by atoms with Crippen LogP contribution in [-0.4, -0.2) is 58.2 Å². The predicted molar refractivity (Wildman–Crippen MR) is 106 cm³/mol. The summed E-state index contributed by atoms with van der Waals surface area (Å²) in [5.74, 6) is 0.838. The van der Waals surface area contributed by atoms with Crippen LogP contribution in [0, 0.1) is 5.92 Å². The Hall–Kier alpha value is -1.41. The van der Waals surface area contributed by atoms with Crippen LogP contribution in [0.5, 0.6) is 0 Å². The molecule has 0 unspecified atom stereocenters. The molecule has 0 bridgehead atoms. The van der Waals surface area contributed by atoms with Gasteiger partial charge in [0, 0.05) is 18.3 Å². The maximum atomic E-state index is 13.1. The van der Waals surface area contributed by atoms with Gasteiger partial charge in [-0.05, 0) is 31.7 Å². The zero-order chi connectivity index (χ0) is 19.6. The lowest BCUT2D eigenvalue weighted by atomic mass is 9.91. The SMILES string of the molecule is CCNCCSc1nnc(C(=O)[C@H](CC(C)C)N(C=O)C2CCCCC2)o1. The van der Waals surface area contributed by atoms with E-state index in [0.717, 1.165) is 50.9 Å². The van der Waals surface area contributed by atoms with Crippen LogP contribution < -0.4 is 5.32 Å². The third kappa shape index (κ3) is 6.60. The molecule has 1 aromatic rings. The van der Waals surface area contributed by atoms with E-state index in [1.165, 1.54) is 18.2 Å². The second-order valence-corrected chi connectivity index (χ2v) is 8.48. The molecule has 1 aliphatic carbocycles. The molecule has 0 aliphatic heterocycles. The second-order valence-electron chi connectivity index (χ2n) is 7.43. The minimum absolute atomic E-state index is 0.00857. The quantitative estimate of drug-likeness (QED) is 0.251. The van der Waals surface area contributed by atoms with Gasteiger partial charge < -0.3 is 14.6 Å².